The molecule has 2 heterocycles. The third kappa shape index (κ3) is 3.01. The van der Waals surface area contributed by atoms with Gasteiger partial charge in [0.2, 0.25) is 5.88 Å². The molecule has 0 bridgehead atoms. The number of halogens is 1. The Kier molecular flexibility index (Phi) is 4.31. The highest BCUT2D eigenvalue weighted by Gasteiger charge is 2.33. The van der Waals surface area contributed by atoms with Gasteiger partial charge in [0.1, 0.15) is 22.6 Å². The van der Waals surface area contributed by atoms with Gasteiger partial charge >= 0.3 is 0 Å². The lowest BCUT2D eigenvalue weighted by Crippen LogP contribution is -2.42. The van der Waals surface area contributed by atoms with E-state index in [1.54, 1.807) is 6.92 Å². The fraction of sp³-hybridized carbons (Fsp3) is 0.312. The van der Waals surface area contributed by atoms with Gasteiger partial charge in [0.05, 0.1) is 25.0 Å². The highest BCUT2D eigenvalue weighted by molar-refractivity contribution is 7.92. The monoisotopic (exact) mass is 352 g/mol. The van der Waals surface area contributed by atoms with Crippen molar-refractivity contribution in [3.8, 4) is 11.6 Å². The molecule has 1 aromatic carbocycles. The number of nitrogens with zero attached hydrogens (tertiary/aromatic N) is 2. The van der Waals surface area contributed by atoms with E-state index >= 15 is 0 Å². The molecule has 0 amide bonds. The SMILES string of the molecule is CCOc1ccc(S(=O)(=O)N2CC(C)Oc3cc(F)ccc32)cn1. The van der Waals surface area contributed by atoms with Gasteiger partial charge in [0.15, 0.2) is 0 Å². The first-order chi connectivity index (χ1) is 11.4. The van der Waals surface area contributed by atoms with Crippen molar-refractivity contribution in [1.29, 1.82) is 0 Å². The van der Waals surface area contributed by atoms with E-state index in [4.69, 9.17) is 9.47 Å². The van der Waals surface area contributed by atoms with E-state index in [1.165, 1.54) is 40.8 Å². The average molecular weight is 352 g/mol. The zero-order chi connectivity index (χ0) is 17.3. The Morgan fingerprint density at radius 2 is 2.17 bits per heavy atom. The van der Waals surface area contributed by atoms with Crippen LogP contribution < -0.4 is 13.8 Å². The van der Waals surface area contributed by atoms with Crippen molar-refractivity contribution in [1.82, 2.24) is 4.98 Å². The topological polar surface area (TPSA) is 68.7 Å². The molecular formula is C16H17FN2O4S. The average Bonchev–Trinajstić information content (AvgIpc) is 2.54. The number of ether oxygens (including phenoxy) is 2. The lowest BCUT2D eigenvalue weighted by molar-refractivity contribution is 0.218. The van der Waals surface area contributed by atoms with Gasteiger partial charge in [-0.25, -0.2) is 17.8 Å². The Morgan fingerprint density at radius 3 is 2.83 bits per heavy atom. The molecule has 0 radical (unpaired) electrons. The maximum absolute atomic E-state index is 13.4. The summed E-state index contributed by atoms with van der Waals surface area (Å²) in [6.45, 7) is 4.12. The predicted molar refractivity (Wildman–Crippen MR) is 86.4 cm³/mol. The number of aromatic nitrogens is 1. The Hall–Kier alpha value is -2.35. The summed E-state index contributed by atoms with van der Waals surface area (Å²) in [7, 11) is -3.84. The van der Waals surface area contributed by atoms with E-state index in [9.17, 15) is 12.8 Å². The molecule has 1 aliphatic heterocycles. The number of hydrogen-bond donors (Lipinski definition) is 0. The molecule has 128 valence electrons. The summed E-state index contributed by atoms with van der Waals surface area (Å²) in [6, 6.07) is 6.74. The molecule has 8 heteroatoms. The fourth-order valence-corrected chi connectivity index (χ4v) is 3.98. The molecule has 1 aromatic heterocycles. The van der Waals surface area contributed by atoms with E-state index in [0.717, 1.165) is 0 Å². The van der Waals surface area contributed by atoms with Crippen LogP contribution in [0.3, 0.4) is 0 Å². The Morgan fingerprint density at radius 1 is 1.38 bits per heavy atom. The van der Waals surface area contributed by atoms with Crippen LogP contribution in [0.2, 0.25) is 0 Å². The van der Waals surface area contributed by atoms with Crippen LogP contribution in [0.5, 0.6) is 11.6 Å². The van der Waals surface area contributed by atoms with E-state index < -0.39 is 21.9 Å². The summed E-state index contributed by atoms with van der Waals surface area (Å²) in [5, 5.41) is 0. The standard InChI is InChI=1S/C16H17FN2O4S/c1-3-22-16-7-5-13(9-18-16)24(20,21)19-10-11(2)23-15-8-12(17)4-6-14(15)19/h4-9,11H,3,10H2,1-2H3. The Bertz CT molecular complexity index is 840. The number of hydrogen-bond acceptors (Lipinski definition) is 5. The number of fused-ring (bicyclic) bond motifs is 1. The first kappa shape index (κ1) is 16.5. The van der Waals surface area contributed by atoms with Crippen LogP contribution in [0.25, 0.3) is 0 Å². The maximum Gasteiger partial charge on any atom is 0.266 e. The van der Waals surface area contributed by atoms with E-state index in [-0.39, 0.29) is 17.2 Å². The summed E-state index contributed by atoms with van der Waals surface area (Å²) < 4.78 is 51.3. The number of anilines is 1. The molecule has 0 saturated heterocycles. The Balaban J connectivity index is 2.01. The highest BCUT2D eigenvalue weighted by atomic mass is 32.2. The van der Waals surface area contributed by atoms with E-state index in [2.05, 4.69) is 4.98 Å². The van der Waals surface area contributed by atoms with Gasteiger partial charge in [-0.05, 0) is 32.0 Å². The van der Waals surface area contributed by atoms with Gasteiger partial charge < -0.3 is 9.47 Å². The minimum absolute atomic E-state index is 0.0373. The van der Waals surface area contributed by atoms with Crippen LogP contribution >= 0.6 is 0 Å². The van der Waals surface area contributed by atoms with E-state index in [1.807, 2.05) is 6.92 Å². The van der Waals surface area contributed by atoms with Crippen LogP contribution in [-0.2, 0) is 10.0 Å². The van der Waals surface area contributed by atoms with Gasteiger partial charge in [-0.3, -0.25) is 4.31 Å². The van der Waals surface area contributed by atoms with Gasteiger partial charge in [-0.15, -0.1) is 0 Å². The summed E-state index contributed by atoms with van der Waals surface area (Å²) in [5.74, 6) is 0.0772. The molecule has 1 unspecified atom stereocenters. The van der Waals surface area contributed by atoms with Crippen molar-refractivity contribution in [2.24, 2.45) is 0 Å². The lowest BCUT2D eigenvalue weighted by atomic mass is 10.2. The van der Waals surface area contributed by atoms with Crippen molar-refractivity contribution < 1.29 is 22.3 Å². The number of rotatable bonds is 4. The smallest absolute Gasteiger partial charge is 0.266 e. The molecule has 2 aromatic rings. The van der Waals surface area contributed by atoms with Gasteiger partial charge in [0, 0.05) is 12.1 Å². The molecule has 0 saturated carbocycles. The number of benzene rings is 1. The molecule has 0 spiro atoms. The molecule has 0 fully saturated rings. The van der Waals surface area contributed by atoms with Crippen molar-refractivity contribution in [2.75, 3.05) is 17.5 Å². The maximum atomic E-state index is 13.4. The van der Waals surface area contributed by atoms with E-state index in [0.29, 0.717) is 18.2 Å². The van der Waals surface area contributed by atoms with Crippen molar-refractivity contribution in [3.05, 3.63) is 42.3 Å². The number of pyridine rings is 1. The fourth-order valence-electron chi connectivity index (χ4n) is 2.48. The second-order valence-corrected chi connectivity index (χ2v) is 7.20. The van der Waals surface area contributed by atoms with Crippen molar-refractivity contribution in [3.63, 3.8) is 0 Å². The lowest BCUT2D eigenvalue weighted by Gasteiger charge is -2.34. The third-order valence-corrected chi connectivity index (χ3v) is 5.29. The van der Waals surface area contributed by atoms with Crippen molar-refractivity contribution in [2.45, 2.75) is 24.8 Å². The third-order valence-electron chi connectivity index (χ3n) is 3.53. The Labute approximate surface area is 139 Å². The minimum Gasteiger partial charge on any atom is -0.487 e. The largest absolute Gasteiger partial charge is 0.487 e. The molecule has 1 aliphatic rings. The minimum atomic E-state index is -3.84. The van der Waals surface area contributed by atoms with Crippen LogP contribution in [-0.4, -0.2) is 32.7 Å². The second kappa shape index (κ2) is 6.27. The van der Waals surface area contributed by atoms with Crippen LogP contribution in [0.15, 0.2) is 41.4 Å². The zero-order valence-electron chi connectivity index (χ0n) is 13.3. The summed E-state index contributed by atoms with van der Waals surface area (Å²) in [4.78, 5) is 4.04. The highest BCUT2D eigenvalue weighted by Crippen LogP contribution is 2.37. The zero-order valence-corrected chi connectivity index (χ0v) is 14.1. The summed E-state index contributed by atoms with van der Waals surface area (Å²) >= 11 is 0. The summed E-state index contributed by atoms with van der Waals surface area (Å²) in [6.07, 6.45) is 0.855. The van der Waals surface area contributed by atoms with Gasteiger partial charge in [-0.1, -0.05) is 0 Å². The molecule has 0 aliphatic carbocycles. The molecule has 24 heavy (non-hydrogen) atoms. The van der Waals surface area contributed by atoms with Crippen LogP contribution in [0, 0.1) is 5.82 Å². The van der Waals surface area contributed by atoms with Crippen LogP contribution in [0.1, 0.15) is 13.8 Å². The van der Waals surface area contributed by atoms with Crippen molar-refractivity contribution >= 4 is 15.7 Å². The molecule has 0 N–H and O–H groups in total. The molecule has 1 atom stereocenters. The second-order valence-electron chi connectivity index (χ2n) is 5.34. The quantitative estimate of drug-likeness (QED) is 0.846. The summed E-state index contributed by atoms with van der Waals surface area (Å²) in [5.41, 5.74) is 0.309. The predicted octanol–water partition coefficient (Wildman–Crippen LogP) is 2.60. The van der Waals surface area contributed by atoms with Crippen LogP contribution in [0.4, 0.5) is 10.1 Å². The molecule has 3 rings (SSSR count). The normalized spacial score (nSPS) is 17.1. The molecular weight excluding hydrogens is 335 g/mol. The first-order valence-corrected chi connectivity index (χ1v) is 8.93. The first-order valence-electron chi connectivity index (χ1n) is 7.49. The van der Waals surface area contributed by atoms with Gasteiger partial charge in [0.25, 0.3) is 10.0 Å². The van der Waals surface area contributed by atoms with Gasteiger partial charge in [-0.2, -0.15) is 0 Å². The molecule has 6 nitrogen and oxygen atoms in total. The number of sulfonamides is 1.